The van der Waals surface area contributed by atoms with E-state index in [4.69, 9.17) is 4.74 Å². The van der Waals surface area contributed by atoms with Crippen molar-refractivity contribution in [1.82, 2.24) is 10.2 Å². The van der Waals surface area contributed by atoms with Crippen LogP contribution < -0.4 is 5.32 Å². The number of nitrogens with one attached hydrogen (secondary N) is 1. The molecule has 0 bridgehead atoms. The van der Waals surface area contributed by atoms with Gasteiger partial charge < -0.3 is 10.1 Å². The van der Waals surface area contributed by atoms with Gasteiger partial charge in [0.25, 0.3) is 0 Å². The predicted octanol–water partition coefficient (Wildman–Crippen LogP) is 2.26. The predicted molar refractivity (Wildman–Crippen MR) is 73.4 cm³/mol. The summed E-state index contributed by atoms with van der Waals surface area (Å²) in [5, 5.41) is 3.59. The molecule has 2 unspecified atom stereocenters. The SMILES string of the molecule is CCCC(CN1CC(C)OC(C)(C)C1)NCC. The van der Waals surface area contributed by atoms with E-state index in [0.717, 1.165) is 26.2 Å². The van der Waals surface area contributed by atoms with Crippen LogP contribution in [-0.4, -0.2) is 48.8 Å². The summed E-state index contributed by atoms with van der Waals surface area (Å²) in [4.78, 5) is 2.55. The summed E-state index contributed by atoms with van der Waals surface area (Å²) in [7, 11) is 0. The van der Waals surface area contributed by atoms with Gasteiger partial charge in [-0.2, -0.15) is 0 Å². The Balaban J connectivity index is 2.47. The van der Waals surface area contributed by atoms with E-state index in [1.807, 2.05) is 0 Å². The van der Waals surface area contributed by atoms with Crippen molar-refractivity contribution in [1.29, 1.82) is 0 Å². The number of rotatable bonds is 6. The summed E-state index contributed by atoms with van der Waals surface area (Å²) in [5.74, 6) is 0. The molecule has 0 radical (unpaired) electrons. The fourth-order valence-corrected chi connectivity index (χ4v) is 2.93. The van der Waals surface area contributed by atoms with Crippen LogP contribution in [0.2, 0.25) is 0 Å². The van der Waals surface area contributed by atoms with Gasteiger partial charge in [-0.1, -0.05) is 20.3 Å². The van der Waals surface area contributed by atoms with E-state index >= 15 is 0 Å². The van der Waals surface area contributed by atoms with Crippen molar-refractivity contribution >= 4 is 0 Å². The second-order valence-corrected chi connectivity index (χ2v) is 5.93. The van der Waals surface area contributed by atoms with Gasteiger partial charge >= 0.3 is 0 Å². The Labute approximate surface area is 107 Å². The van der Waals surface area contributed by atoms with Crippen molar-refractivity contribution in [2.24, 2.45) is 0 Å². The van der Waals surface area contributed by atoms with Crippen LogP contribution in [0.1, 0.15) is 47.5 Å². The number of nitrogens with zero attached hydrogens (tertiary/aromatic N) is 1. The molecule has 1 rings (SSSR count). The zero-order valence-corrected chi connectivity index (χ0v) is 12.3. The molecule has 0 amide bonds. The van der Waals surface area contributed by atoms with Crippen molar-refractivity contribution in [2.45, 2.75) is 65.2 Å². The quantitative estimate of drug-likeness (QED) is 0.773. The van der Waals surface area contributed by atoms with Gasteiger partial charge in [0.2, 0.25) is 0 Å². The van der Waals surface area contributed by atoms with Gasteiger partial charge in [-0.15, -0.1) is 0 Å². The smallest absolute Gasteiger partial charge is 0.0757 e. The van der Waals surface area contributed by atoms with Crippen LogP contribution in [-0.2, 0) is 4.74 Å². The molecule has 0 spiro atoms. The summed E-state index contributed by atoms with van der Waals surface area (Å²) < 4.78 is 5.94. The Morgan fingerprint density at radius 1 is 1.41 bits per heavy atom. The Kier molecular flexibility index (Phi) is 5.90. The monoisotopic (exact) mass is 242 g/mol. The van der Waals surface area contributed by atoms with Gasteiger partial charge in [0.05, 0.1) is 11.7 Å². The first-order chi connectivity index (χ1) is 7.96. The van der Waals surface area contributed by atoms with E-state index in [1.165, 1.54) is 12.8 Å². The summed E-state index contributed by atoms with van der Waals surface area (Å²) in [6.45, 7) is 15.3. The molecule has 3 nitrogen and oxygen atoms in total. The normalized spacial score (nSPS) is 27.0. The second kappa shape index (κ2) is 6.72. The molecular weight excluding hydrogens is 212 g/mol. The Bertz CT molecular complexity index is 212. The van der Waals surface area contributed by atoms with E-state index in [1.54, 1.807) is 0 Å². The van der Waals surface area contributed by atoms with Gasteiger partial charge in [-0.05, 0) is 33.7 Å². The van der Waals surface area contributed by atoms with Crippen LogP contribution in [0.25, 0.3) is 0 Å². The molecule has 0 aliphatic carbocycles. The first-order valence-corrected chi connectivity index (χ1v) is 7.10. The molecule has 102 valence electrons. The lowest BCUT2D eigenvalue weighted by Crippen LogP contribution is -2.54. The third-order valence-electron chi connectivity index (χ3n) is 3.25. The van der Waals surface area contributed by atoms with E-state index in [-0.39, 0.29) is 5.60 Å². The Morgan fingerprint density at radius 2 is 2.12 bits per heavy atom. The Hall–Kier alpha value is -0.120. The summed E-state index contributed by atoms with van der Waals surface area (Å²) >= 11 is 0. The minimum atomic E-state index is 0.000641. The molecule has 2 atom stereocenters. The number of hydrogen-bond donors (Lipinski definition) is 1. The van der Waals surface area contributed by atoms with E-state index in [2.05, 4.69) is 44.8 Å². The molecule has 0 saturated carbocycles. The van der Waals surface area contributed by atoms with Gasteiger partial charge in [0, 0.05) is 25.7 Å². The Morgan fingerprint density at radius 3 is 2.65 bits per heavy atom. The molecule has 1 saturated heterocycles. The maximum absolute atomic E-state index is 5.94. The zero-order chi connectivity index (χ0) is 12.9. The summed E-state index contributed by atoms with van der Waals surface area (Å²) in [5.41, 5.74) is 0.000641. The molecular formula is C14H30N2O. The molecule has 0 aromatic rings. The van der Waals surface area contributed by atoms with Gasteiger partial charge in [0.1, 0.15) is 0 Å². The third kappa shape index (κ3) is 5.36. The first-order valence-electron chi connectivity index (χ1n) is 7.10. The van der Waals surface area contributed by atoms with E-state index in [0.29, 0.717) is 12.1 Å². The van der Waals surface area contributed by atoms with E-state index < -0.39 is 0 Å². The number of ether oxygens (including phenoxy) is 1. The first kappa shape index (κ1) is 14.9. The molecule has 0 aromatic carbocycles. The largest absolute Gasteiger partial charge is 0.370 e. The molecule has 1 fully saturated rings. The summed E-state index contributed by atoms with van der Waals surface area (Å²) in [6, 6.07) is 0.631. The van der Waals surface area contributed by atoms with Crippen LogP contribution in [0, 0.1) is 0 Å². The van der Waals surface area contributed by atoms with Crippen LogP contribution >= 0.6 is 0 Å². The van der Waals surface area contributed by atoms with Crippen molar-refractivity contribution in [3.63, 3.8) is 0 Å². The average molecular weight is 242 g/mol. The summed E-state index contributed by atoms with van der Waals surface area (Å²) in [6.07, 6.45) is 2.86. The minimum absolute atomic E-state index is 0.000641. The highest BCUT2D eigenvalue weighted by Gasteiger charge is 2.31. The maximum Gasteiger partial charge on any atom is 0.0757 e. The van der Waals surface area contributed by atoms with Crippen molar-refractivity contribution in [3.8, 4) is 0 Å². The molecule has 17 heavy (non-hydrogen) atoms. The molecule has 1 aliphatic rings. The fraction of sp³-hybridized carbons (Fsp3) is 1.00. The molecule has 1 aliphatic heterocycles. The lowest BCUT2D eigenvalue weighted by atomic mass is 10.0. The number of morpholine rings is 1. The van der Waals surface area contributed by atoms with Crippen molar-refractivity contribution in [2.75, 3.05) is 26.2 Å². The maximum atomic E-state index is 5.94. The molecule has 1 heterocycles. The molecule has 3 heteroatoms. The highest BCUT2D eigenvalue weighted by molar-refractivity contribution is 4.84. The van der Waals surface area contributed by atoms with Crippen LogP contribution in [0.4, 0.5) is 0 Å². The van der Waals surface area contributed by atoms with Crippen molar-refractivity contribution < 1.29 is 4.74 Å². The van der Waals surface area contributed by atoms with Crippen LogP contribution in [0.15, 0.2) is 0 Å². The third-order valence-corrected chi connectivity index (χ3v) is 3.25. The van der Waals surface area contributed by atoms with Gasteiger partial charge in [-0.3, -0.25) is 4.90 Å². The highest BCUT2D eigenvalue weighted by atomic mass is 16.5. The van der Waals surface area contributed by atoms with E-state index in [9.17, 15) is 0 Å². The number of hydrogen-bond acceptors (Lipinski definition) is 3. The van der Waals surface area contributed by atoms with Gasteiger partial charge in [0.15, 0.2) is 0 Å². The minimum Gasteiger partial charge on any atom is -0.370 e. The standard InChI is InChI=1S/C14H30N2O/c1-6-8-13(15-7-2)10-16-9-12(3)17-14(4,5)11-16/h12-13,15H,6-11H2,1-5H3. The fourth-order valence-electron chi connectivity index (χ4n) is 2.93. The van der Waals surface area contributed by atoms with Gasteiger partial charge in [-0.25, -0.2) is 0 Å². The highest BCUT2D eigenvalue weighted by Crippen LogP contribution is 2.21. The topological polar surface area (TPSA) is 24.5 Å². The molecule has 0 aromatic heterocycles. The lowest BCUT2D eigenvalue weighted by molar-refractivity contribution is -0.130. The van der Waals surface area contributed by atoms with Crippen LogP contribution in [0.3, 0.4) is 0 Å². The van der Waals surface area contributed by atoms with Crippen molar-refractivity contribution in [3.05, 3.63) is 0 Å². The zero-order valence-electron chi connectivity index (χ0n) is 12.3. The van der Waals surface area contributed by atoms with Crippen LogP contribution in [0.5, 0.6) is 0 Å². The molecule has 1 N–H and O–H groups in total. The average Bonchev–Trinajstić information content (AvgIpc) is 2.14. The number of likely N-dealkylation sites (N-methyl/N-ethyl adjacent to an activating group) is 1. The lowest BCUT2D eigenvalue weighted by Gasteiger charge is -2.43. The second-order valence-electron chi connectivity index (χ2n) is 5.93.